The lowest BCUT2D eigenvalue weighted by Crippen LogP contribution is -2.44. The fraction of sp³-hybridized carbons (Fsp3) is 1.00. The van der Waals surface area contributed by atoms with Crippen molar-refractivity contribution >= 4 is 0 Å². The average Bonchev–Trinajstić information content (AvgIpc) is 2.26. The summed E-state index contributed by atoms with van der Waals surface area (Å²) in [6, 6.07) is 0. The summed E-state index contributed by atoms with van der Waals surface area (Å²) in [6.45, 7) is 12.9. The van der Waals surface area contributed by atoms with E-state index >= 15 is 0 Å². The van der Waals surface area contributed by atoms with Gasteiger partial charge in [-0.2, -0.15) is 0 Å². The molecule has 0 radical (unpaired) electrons. The van der Waals surface area contributed by atoms with Crippen molar-refractivity contribution in [1.29, 1.82) is 0 Å². The maximum atomic E-state index is 3.37. The Bertz CT molecular complexity index is 186. The van der Waals surface area contributed by atoms with Crippen molar-refractivity contribution in [2.45, 2.75) is 40.0 Å². The summed E-state index contributed by atoms with van der Waals surface area (Å²) in [5.74, 6) is 0. The molecule has 0 saturated heterocycles. The van der Waals surface area contributed by atoms with Gasteiger partial charge in [-0.05, 0) is 45.9 Å². The Morgan fingerprint density at radius 3 is 2.11 bits per heavy atom. The van der Waals surface area contributed by atoms with E-state index in [1.165, 1.54) is 38.9 Å². The first-order valence-corrected chi connectivity index (χ1v) is 7.49. The van der Waals surface area contributed by atoms with Gasteiger partial charge >= 0.3 is 0 Å². The van der Waals surface area contributed by atoms with Crippen LogP contribution in [0, 0.1) is 5.41 Å². The van der Waals surface area contributed by atoms with Gasteiger partial charge in [-0.25, -0.2) is 0 Å². The van der Waals surface area contributed by atoms with Crippen LogP contribution in [0.25, 0.3) is 0 Å². The van der Waals surface area contributed by atoms with E-state index in [0.717, 1.165) is 13.1 Å². The predicted octanol–water partition coefficient (Wildman–Crippen LogP) is 2.29. The summed E-state index contributed by atoms with van der Waals surface area (Å²) in [7, 11) is 6.38. The number of likely N-dealkylation sites (N-methyl/N-ethyl adjacent to an activating group) is 1. The SMILES string of the molecule is CCCN(CCN(C)C)CC(C)(CCC)CNC. The number of hydrogen-bond acceptors (Lipinski definition) is 3. The van der Waals surface area contributed by atoms with Crippen molar-refractivity contribution in [3.05, 3.63) is 0 Å². The molecule has 0 spiro atoms. The molecule has 1 N–H and O–H groups in total. The molecule has 1 atom stereocenters. The van der Waals surface area contributed by atoms with Crippen molar-refractivity contribution in [3.8, 4) is 0 Å². The van der Waals surface area contributed by atoms with Gasteiger partial charge in [0.25, 0.3) is 0 Å². The molecule has 0 amide bonds. The molecule has 0 aromatic heterocycles. The maximum absolute atomic E-state index is 3.37. The summed E-state index contributed by atoms with van der Waals surface area (Å²) >= 11 is 0. The van der Waals surface area contributed by atoms with Crippen LogP contribution < -0.4 is 5.32 Å². The number of hydrogen-bond donors (Lipinski definition) is 1. The number of nitrogens with one attached hydrogen (secondary N) is 1. The lowest BCUT2D eigenvalue weighted by Gasteiger charge is -2.36. The van der Waals surface area contributed by atoms with Crippen molar-refractivity contribution < 1.29 is 0 Å². The van der Waals surface area contributed by atoms with E-state index in [0.29, 0.717) is 5.41 Å². The molecule has 3 nitrogen and oxygen atoms in total. The van der Waals surface area contributed by atoms with Crippen LogP contribution in [0.15, 0.2) is 0 Å². The minimum absolute atomic E-state index is 0.408. The van der Waals surface area contributed by atoms with E-state index in [1.807, 2.05) is 0 Å². The Morgan fingerprint density at radius 2 is 1.67 bits per heavy atom. The molecule has 0 aliphatic carbocycles. The molecular formula is C15H35N3. The van der Waals surface area contributed by atoms with Crippen molar-refractivity contribution in [1.82, 2.24) is 15.1 Å². The fourth-order valence-electron chi connectivity index (χ4n) is 2.72. The van der Waals surface area contributed by atoms with E-state index in [2.05, 4.69) is 57.0 Å². The molecule has 18 heavy (non-hydrogen) atoms. The molecular weight excluding hydrogens is 222 g/mol. The van der Waals surface area contributed by atoms with Crippen LogP contribution >= 0.6 is 0 Å². The van der Waals surface area contributed by atoms with Crippen LogP contribution in [-0.2, 0) is 0 Å². The Hall–Kier alpha value is -0.120. The van der Waals surface area contributed by atoms with Crippen molar-refractivity contribution in [2.24, 2.45) is 5.41 Å². The standard InChI is InChI=1S/C15H35N3/c1-7-9-15(3,13-16-4)14-18(10-8-2)12-11-17(5)6/h16H,7-14H2,1-6H3. The van der Waals surface area contributed by atoms with Gasteiger partial charge in [0.1, 0.15) is 0 Å². The van der Waals surface area contributed by atoms with E-state index in [-0.39, 0.29) is 0 Å². The van der Waals surface area contributed by atoms with E-state index in [4.69, 9.17) is 0 Å². The van der Waals surface area contributed by atoms with Gasteiger partial charge in [-0.3, -0.25) is 0 Å². The topological polar surface area (TPSA) is 18.5 Å². The first-order chi connectivity index (χ1) is 8.47. The van der Waals surface area contributed by atoms with Gasteiger partial charge < -0.3 is 15.1 Å². The molecule has 0 saturated carbocycles. The third-order valence-corrected chi connectivity index (χ3v) is 3.47. The van der Waals surface area contributed by atoms with E-state index in [9.17, 15) is 0 Å². The van der Waals surface area contributed by atoms with Crippen LogP contribution in [-0.4, -0.2) is 63.7 Å². The average molecular weight is 257 g/mol. The van der Waals surface area contributed by atoms with Crippen LogP contribution in [0.1, 0.15) is 40.0 Å². The number of rotatable bonds is 11. The highest BCUT2D eigenvalue weighted by Gasteiger charge is 2.25. The third kappa shape index (κ3) is 8.06. The van der Waals surface area contributed by atoms with E-state index in [1.54, 1.807) is 0 Å². The molecule has 0 aromatic rings. The predicted molar refractivity (Wildman–Crippen MR) is 82.2 cm³/mol. The Kier molecular flexibility index (Phi) is 9.70. The lowest BCUT2D eigenvalue weighted by atomic mass is 9.84. The highest BCUT2D eigenvalue weighted by atomic mass is 15.2. The molecule has 3 heteroatoms. The van der Waals surface area contributed by atoms with Crippen LogP contribution in [0.5, 0.6) is 0 Å². The van der Waals surface area contributed by atoms with Crippen molar-refractivity contribution in [2.75, 3.05) is 53.9 Å². The van der Waals surface area contributed by atoms with Crippen LogP contribution in [0.2, 0.25) is 0 Å². The summed E-state index contributed by atoms with van der Waals surface area (Å²) in [5, 5.41) is 3.37. The second-order valence-corrected chi connectivity index (χ2v) is 6.17. The quantitative estimate of drug-likeness (QED) is 0.613. The van der Waals surface area contributed by atoms with Gasteiger partial charge in [0, 0.05) is 26.2 Å². The first-order valence-electron chi connectivity index (χ1n) is 7.49. The second kappa shape index (κ2) is 9.76. The number of nitrogens with zero attached hydrogens (tertiary/aromatic N) is 2. The molecule has 0 heterocycles. The molecule has 0 aromatic carbocycles. The summed E-state index contributed by atoms with van der Waals surface area (Å²) in [6.07, 6.45) is 3.82. The van der Waals surface area contributed by atoms with E-state index < -0.39 is 0 Å². The molecule has 0 aliphatic rings. The van der Waals surface area contributed by atoms with Crippen LogP contribution in [0.4, 0.5) is 0 Å². The molecule has 0 aliphatic heterocycles. The molecule has 110 valence electrons. The van der Waals surface area contributed by atoms with Gasteiger partial charge in [0.05, 0.1) is 0 Å². The van der Waals surface area contributed by atoms with Crippen LogP contribution in [0.3, 0.4) is 0 Å². The highest BCUT2D eigenvalue weighted by molar-refractivity contribution is 4.80. The highest BCUT2D eigenvalue weighted by Crippen LogP contribution is 2.23. The summed E-state index contributed by atoms with van der Waals surface area (Å²) < 4.78 is 0. The van der Waals surface area contributed by atoms with Gasteiger partial charge in [-0.15, -0.1) is 0 Å². The molecule has 1 unspecified atom stereocenters. The van der Waals surface area contributed by atoms with Gasteiger partial charge in [-0.1, -0.05) is 27.2 Å². The molecule has 0 bridgehead atoms. The Morgan fingerprint density at radius 1 is 1.00 bits per heavy atom. The smallest absolute Gasteiger partial charge is 0.0109 e. The summed E-state index contributed by atoms with van der Waals surface area (Å²) in [5.41, 5.74) is 0.408. The fourth-order valence-corrected chi connectivity index (χ4v) is 2.72. The second-order valence-electron chi connectivity index (χ2n) is 6.17. The molecule has 0 rings (SSSR count). The Labute approximate surface area is 115 Å². The summed E-state index contributed by atoms with van der Waals surface area (Å²) in [4.78, 5) is 4.91. The normalized spacial score (nSPS) is 15.3. The zero-order chi connectivity index (χ0) is 14.0. The minimum Gasteiger partial charge on any atom is -0.319 e. The van der Waals surface area contributed by atoms with Crippen molar-refractivity contribution in [3.63, 3.8) is 0 Å². The minimum atomic E-state index is 0.408. The lowest BCUT2D eigenvalue weighted by molar-refractivity contribution is 0.142. The zero-order valence-corrected chi connectivity index (χ0v) is 13.6. The largest absolute Gasteiger partial charge is 0.319 e. The Balaban J connectivity index is 4.39. The molecule has 0 fully saturated rings. The van der Waals surface area contributed by atoms with Gasteiger partial charge in [0.2, 0.25) is 0 Å². The third-order valence-electron chi connectivity index (χ3n) is 3.47. The monoisotopic (exact) mass is 257 g/mol. The maximum Gasteiger partial charge on any atom is 0.0109 e. The first kappa shape index (κ1) is 17.9. The zero-order valence-electron chi connectivity index (χ0n) is 13.6. The van der Waals surface area contributed by atoms with Gasteiger partial charge in [0.15, 0.2) is 0 Å².